The molecule has 0 aliphatic rings. The molecule has 3 nitrogen and oxygen atoms in total. The van der Waals surface area contributed by atoms with Gasteiger partial charge in [-0.05, 0) is 67.6 Å². The Kier molecular flexibility index (Phi) is 4.72. The van der Waals surface area contributed by atoms with E-state index in [4.69, 9.17) is 6.57 Å². The van der Waals surface area contributed by atoms with Gasteiger partial charge in [-0.2, -0.15) is 4.57 Å². The Bertz CT molecular complexity index is 1850. The van der Waals surface area contributed by atoms with Crippen molar-refractivity contribution >= 4 is 38.4 Å². The van der Waals surface area contributed by atoms with Crippen LogP contribution in [0, 0.1) is 27.3 Å². The molecule has 0 bridgehead atoms. The summed E-state index contributed by atoms with van der Waals surface area (Å²) < 4.78 is 4.54. The van der Waals surface area contributed by atoms with Crippen LogP contribution >= 0.6 is 0 Å². The maximum absolute atomic E-state index is 7.81. The van der Waals surface area contributed by atoms with Crippen molar-refractivity contribution < 1.29 is 4.57 Å². The smallest absolute Gasteiger partial charge is 0.214 e. The molecule has 0 radical (unpaired) electrons. The average molecular weight is 453 g/mol. The maximum atomic E-state index is 7.81. The molecule has 0 amide bonds. The minimum Gasteiger partial charge on any atom is -0.319 e. The molecule has 0 unspecified atom stereocenters. The fourth-order valence-corrected chi connectivity index (χ4v) is 5.45. The van der Waals surface area contributed by atoms with Crippen LogP contribution in [0.3, 0.4) is 0 Å². The van der Waals surface area contributed by atoms with Crippen LogP contribution < -0.4 is 4.57 Å². The zero-order valence-electron chi connectivity index (χ0n) is 20.4. The van der Waals surface area contributed by atoms with Crippen LogP contribution in [-0.4, -0.2) is 4.57 Å². The van der Waals surface area contributed by atoms with Gasteiger partial charge in [0, 0.05) is 28.5 Å². The minimum absolute atomic E-state index is 0.669. The summed E-state index contributed by atoms with van der Waals surface area (Å²) in [5, 5.41) is 3.46. The van der Waals surface area contributed by atoms with Gasteiger partial charge in [-0.1, -0.05) is 48.0 Å². The van der Waals surface area contributed by atoms with Gasteiger partial charge < -0.3 is 4.57 Å². The first-order valence-corrected chi connectivity index (χ1v) is 11.9. The number of fused-ring (bicyclic) bond motifs is 4. The Hall–Kier alpha value is -4.42. The van der Waals surface area contributed by atoms with Crippen molar-refractivity contribution in [2.24, 2.45) is 7.05 Å². The zero-order chi connectivity index (χ0) is 24.3. The molecule has 3 heteroatoms. The highest BCUT2D eigenvalue weighted by molar-refractivity contribution is 6.13. The molecule has 0 aliphatic carbocycles. The first-order valence-electron chi connectivity index (χ1n) is 11.9. The molecule has 0 atom stereocenters. The largest absolute Gasteiger partial charge is 0.319 e. The van der Waals surface area contributed by atoms with Crippen LogP contribution in [0.2, 0.25) is 0 Å². The van der Waals surface area contributed by atoms with E-state index >= 15 is 0 Å². The summed E-state index contributed by atoms with van der Waals surface area (Å²) >= 11 is 0. The van der Waals surface area contributed by atoms with Gasteiger partial charge in [0.1, 0.15) is 7.05 Å². The van der Waals surface area contributed by atoms with Gasteiger partial charge in [0.15, 0.2) is 0 Å². The van der Waals surface area contributed by atoms with E-state index in [1.165, 1.54) is 33.3 Å². The first-order chi connectivity index (χ1) is 17.0. The molecule has 0 N–H and O–H groups in total. The summed E-state index contributed by atoms with van der Waals surface area (Å²) in [5.74, 6) is 0. The molecule has 168 valence electrons. The number of pyridine rings is 1. The van der Waals surface area contributed by atoms with Crippen LogP contribution in [0.15, 0.2) is 84.9 Å². The van der Waals surface area contributed by atoms with E-state index in [0.29, 0.717) is 5.69 Å². The number of rotatable bonds is 2. The van der Waals surface area contributed by atoms with E-state index in [1.54, 1.807) is 0 Å². The van der Waals surface area contributed by atoms with Crippen molar-refractivity contribution in [1.82, 2.24) is 4.57 Å². The number of para-hydroxylation sites is 2. The predicted octanol–water partition coefficient (Wildman–Crippen LogP) is 7.90. The maximum Gasteiger partial charge on any atom is 0.214 e. The van der Waals surface area contributed by atoms with Crippen LogP contribution in [0.1, 0.15) is 16.7 Å². The monoisotopic (exact) mass is 452 g/mol. The quantitative estimate of drug-likeness (QED) is 0.187. The fourth-order valence-electron chi connectivity index (χ4n) is 5.45. The van der Waals surface area contributed by atoms with E-state index in [9.17, 15) is 0 Å². The number of nitrogens with zero attached hydrogens (tertiary/aromatic N) is 3. The van der Waals surface area contributed by atoms with E-state index in [-0.39, 0.29) is 0 Å². The molecule has 2 aromatic heterocycles. The third-order valence-corrected chi connectivity index (χ3v) is 7.30. The molecular formula is C32H26N3+. The summed E-state index contributed by atoms with van der Waals surface area (Å²) in [6.45, 7) is 14.4. The Labute approximate surface area is 205 Å². The van der Waals surface area contributed by atoms with Gasteiger partial charge in [-0.25, -0.2) is 4.85 Å². The third kappa shape index (κ3) is 3.15. The van der Waals surface area contributed by atoms with Crippen molar-refractivity contribution in [3.63, 3.8) is 0 Å². The zero-order valence-corrected chi connectivity index (χ0v) is 20.4. The van der Waals surface area contributed by atoms with Crippen LogP contribution in [0.25, 0.3) is 54.5 Å². The number of hydrogen-bond acceptors (Lipinski definition) is 0. The Balaban J connectivity index is 1.67. The van der Waals surface area contributed by atoms with Crippen molar-refractivity contribution in [3.8, 4) is 16.9 Å². The summed E-state index contributed by atoms with van der Waals surface area (Å²) in [5.41, 5.74) is 11.3. The number of hydrogen-bond donors (Lipinski definition) is 0. The summed E-state index contributed by atoms with van der Waals surface area (Å²) in [6, 6.07) is 30.0. The first kappa shape index (κ1) is 21.1. The standard InChI is InChI=1S/C32H26N3/c1-20-17-21(2)22(3)27(18-20)29-16-14-23-13-15-24(19-31(23)34(29)5)35-30-12-7-6-9-25(30)26-10-8-11-28(33-4)32(26)35/h6-19H,1-3,5H3/q+1. The number of aromatic nitrogens is 2. The predicted molar refractivity (Wildman–Crippen MR) is 145 cm³/mol. The molecule has 6 rings (SSSR count). The third-order valence-electron chi connectivity index (χ3n) is 7.30. The van der Waals surface area contributed by atoms with Gasteiger partial charge >= 0.3 is 0 Å². The molecule has 0 saturated heterocycles. The van der Waals surface area contributed by atoms with E-state index in [2.05, 4.69) is 115 Å². The summed E-state index contributed by atoms with van der Waals surface area (Å²) in [7, 11) is 2.15. The Morgan fingerprint density at radius 3 is 2.40 bits per heavy atom. The van der Waals surface area contributed by atoms with Crippen LogP contribution in [0.5, 0.6) is 0 Å². The highest BCUT2D eigenvalue weighted by Crippen LogP contribution is 2.37. The normalized spacial score (nSPS) is 11.4. The molecular weight excluding hydrogens is 426 g/mol. The highest BCUT2D eigenvalue weighted by Gasteiger charge is 2.20. The average Bonchev–Trinajstić information content (AvgIpc) is 3.21. The molecule has 2 heterocycles. The van der Waals surface area contributed by atoms with Crippen molar-refractivity contribution in [3.05, 3.63) is 113 Å². The molecule has 6 aromatic rings. The van der Waals surface area contributed by atoms with Gasteiger partial charge in [0.2, 0.25) is 16.9 Å². The fraction of sp³-hybridized carbons (Fsp3) is 0.125. The molecule has 0 aliphatic heterocycles. The summed E-state index contributed by atoms with van der Waals surface area (Å²) in [4.78, 5) is 3.86. The second-order valence-corrected chi connectivity index (χ2v) is 9.41. The Morgan fingerprint density at radius 1 is 0.800 bits per heavy atom. The van der Waals surface area contributed by atoms with Gasteiger partial charge in [0.25, 0.3) is 0 Å². The summed E-state index contributed by atoms with van der Waals surface area (Å²) in [6.07, 6.45) is 0. The molecule has 35 heavy (non-hydrogen) atoms. The van der Waals surface area contributed by atoms with Crippen molar-refractivity contribution in [2.45, 2.75) is 20.8 Å². The van der Waals surface area contributed by atoms with Crippen molar-refractivity contribution in [2.75, 3.05) is 0 Å². The van der Waals surface area contributed by atoms with E-state index in [0.717, 1.165) is 33.0 Å². The van der Waals surface area contributed by atoms with Gasteiger partial charge in [-0.3, -0.25) is 0 Å². The van der Waals surface area contributed by atoms with Gasteiger partial charge in [0.05, 0.1) is 23.3 Å². The van der Waals surface area contributed by atoms with Crippen molar-refractivity contribution in [1.29, 1.82) is 0 Å². The second kappa shape index (κ2) is 7.82. The van der Waals surface area contributed by atoms with Gasteiger partial charge in [-0.15, -0.1) is 0 Å². The Morgan fingerprint density at radius 2 is 1.57 bits per heavy atom. The lowest BCUT2D eigenvalue weighted by molar-refractivity contribution is -0.633. The lowest BCUT2D eigenvalue weighted by Crippen LogP contribution is -2.32. The lowest BCUT2D eigenvalue weighted by Gasteiger charge is -2.12. The minimum atomic E-state index is 0.669. The molecule has 4 aromatic carbocycles. The van der Waals surface area contributed by atoms with Crippen LogP contribution in [0.4, 0.5) is 5.69 Å². The lowest BCUT2D eigenvalue weighted by atomic mass is 9.97. The highest BCUT2D eigenvalue weighted by atomic mass is 15.0. The molecule has 0 fully saturated rings. The molecule has 0 saturated carbocycles. The molecule has 0 spiro atoms. The SMILES string of the molecule is [C-]#[N+]c1cccc2c3ccccc3n(-c3ccc4ccc(-c5cc(C)cc(C)c5C)[n+](C)c4c3)c12. The number of benzene rings is 4. The van der Waals surface area contributed by atoms with E-state index < -0.39 is 0 Å². The van der Waals surface area contributed by atoms with E-state index in [1.807, 2.05) is 12.1 Å². The number of aryl methyl sites for hydroxylation is 3. The van der Waals surface area contributed by atoms with Crippen LogP contribution in [-0.2, 0) is 7.05 Å². The second-order valence-electron chi connectivity index (χ2n) is 9.41. The topological polar surface area (TPSA) is 13.2 Å².